The van der Waals surface area contributed by atoms with Gasteiger partial charge in [-0.05, 0) is 35.2 Å². The highest BCUT2D eigenvalue weighted by Gasteiger charge is 2.31. The fourth-order valence-corrected chi connectivity index (χ4v) is 3.20. The highest BCUT2D eigenvalue weighted by Crippen LogP contribution is 2.28. The van der Waals surface area contributed by atoms with Crippen LogP contribution in [-0.2, 0) is 6.54 Å². The summed E-state index contributed by atoms with van der Waals surface area (Å²) < 4.78 is 2.02. The number of rotatable bonds is 7. The van der Waals surface area contributed by atoms with Gasteiger partial charge in [-0.2, -0.15) is 0 Å². The summed E-state index contributed by atoms with van der Waals surface area (Å²) in [5.74, 6) is 2.22. The molecule has 1 unspecified atom stereocenters. The number of aromatic nitrogens is 4. The molecule has 0 saturated carbocycles. The molecule has 1 atom stereocenters. The maximum absolute atomic E-state index is 4.38. The van der Waals surface area contributed by atoms with Crippen molar-refractivity contribution < 1.29 is 0 Å². The average Bonchev–Trinajstić information content (AvgIpc) is 2.94. The Bertz CT molecular complexity index is 434. The van der Waals surface area contributed by atoms with Gasteiger partial charge in [0.15, 0.2) is 5.82 Å². The molecule has 0 amide bonds. The topological polar surface area (TPSA) is 50.1 Å². The van der Waals surface area contributed by atoms with Crippen LogP contribution >= 0.6 is 0 Å². The van der Waals surface area contributed by atoms with E-state index in [9.17, 15) is 0 Å². The van der Waals surface area contributed by atoms with Gasteiger partial charge in [-0.25, -0.2) is 4.68 Å². The summed E-state index contributed by atoms with van der Waals surface area (Å²) in [7, 11) is 0. The lowest BCUT2D eigenvalue weighted by Crippen LogP contribution is -2.48. The predicted octanol–water partition coefficient (Wildman–Crippen LogP) is 2.05. The molecule has 2 rings (SSSR count). The molecular weight excluding hydrogens is 276 g/mol. The number of hydrogen-bond donors (Lipinski definition) is 0. The number of tetrazole rings is 1. The summed E-state index contributed by atoms with van der Waals surface area (Å²) in [6.07, 6.45) is 1.12. The van der Waals surface area contributed by atoms with Crippen molar-refractivity contribution in [3.8, 4) is 0 Å². The summed E-state index contributed by atoms with van der Waals surface area (Å²) in [6, 6.07) is 0.321. The van der Waals surface area contributed by atoms with Crippen molar-refractivity contribution in [2.45, 2.75) is 53.6 Å². The first-order chi connectivity index (χ1) is 10.5. The first-order valence-electron chi connectivity index (χ1n) is 8.75. The van der Waals surface area contributed by atoms with E-state index in [0.29, 0.717) is 17.9 Å². The number of aryl methyl sites for hydroxylation is 1. The maximum atomic E-state index is 4.38. The van der Waals surface area contributed by atoms with Crippen LogP contribution in [0.5, 0.6) is 0 Å². The summed E-state index contributed by atoms with van der Waals surface area (Å²) in [5.41, 5.74) is 0. The second-order valence-electron chi connectivity index (χ2n) is 7.10. The first kappa shape index (κ1) is 17.3. The Morgan fingerprint density at radius 3 is 2.27 bits per heavy atom. The quantitative estimate of drug-likeness (QED) is 0.771. The van der Waals surface area contributed by atoms with E-state index in [-0.39, 0.29) is 0 Å². The van der Waals surface area contributed by atoms with Gasteiger partial charge in [-0.15, -0.1) is 5.10 Å². The van der Waals surface area contributed by atoms with Crippen molar-refractivity contribution in [2.24, 2.45) is 11.8 Å². The van der Waals surface area contributed by atoms with Gasteiger partial charge in [-0.1, -0.05) is 34.6 Å². The van der Waals surface area contributed by atoms with Crippen LogP contribution in [0.25, 0.3) is 0 Å². The van der Waals surface area contributed by atoms with Crippen LogP contribution in [-0.4, -0.2) is 62.7 Å². The fourth-order valence-electron chi connectivity index (χ4n) is 3.20. The van der Waals surface area contributed by atoms with E-state index in [4.69, 9.17) is 0 Å². The monoisotopic (exact) mass is 308 g/mol. The molecule has 0 aromatic carbocycles. The summed E-state index contributed by atoms with van der Waals surface area (Å²) in [4.78, 5) is 5.07. The van der Waals surface area contributed by atoms with Gasteiger partial charge in [0.05, 0.1) is 6.04 Å². The summed E-state index contributed by atoms with van der Waals surface area (Å²) in [6.45, 7) is 17.8. The van der Waals surface area contributed by atoms with E-state index in [2.05, 4.69) is 59.9 Å². The third-order valence-electron chi connectivity index (χ3n) is 4.62. The van der Waals surface area contributed by atoms with Crippen LogP contribution < -0.4 is 0 Å². The molecule has 6 nitrogen and oxygen atoms in total. The number of likely N-dealkylation sites (N-methyl/N-ethyl adjacent to an activating group) is 1. The van der Waals surface area contributed by atoms with Crippen LogP contribution in [0, 0.1) is 11.8 Å². The minimum Gasteiger partial charge on any atom is -0.301 e. The third-order valence-corrected chi connectivity index (χ3v) is 4.62. The van der Waals surface area contributed by atoms with Gasteiger partial charge in [0.2, 0.25) is 0 Å². The molecule has 0 bridgehead atoms. The van der Waals surface area contributed by atoms with E-state index in [1.54, 1.807) is 0 Å². The molecule has 0 spiro atoms. The van der Waals surface area contributed by atoms with Gasteiger partial charge in [0.25, 0.3) is 0 Å². The second-order valence-corrected chi connectivity index (χ2v) is 7.10. The molecule has 1 aliphatic rings. The zero-order chi connectivity index (χ0) is 16.1. The Kier molecular flexibility index (Phi) is 6.32. The molecule has 0 aliphatic carbocycles. The van der Waals surface area contributed by atoms with E-state index >= 15 is 0 Å². The van der Waals surface area contributed by atoms with Gasteiger partial charge in [-0.3, -0.25) is 4.90 Å². The standard InChI is InChI=1S/C16H32N6/c1-6-20-9-11-21(12-10-20)15(14(4)5)16-17-18-19-22(16)8-7-13(2)3/h13-15H,6-12H2,1-5H3. The molecule has 0 N–H and O–H groups in total. The van der Waals surface area contributed by atoms with E-state index in [1.807, 2.05) is 4.68 Å². The molecular formula is C16H32N6. The van der Waals surface area contributed by atoms with E-state index in [0.717, 1.165) is 51.5 Å². The predicted molar refractivity (Wildman–Crippen MR) is 88.5 cm³/mol. The SMILES string of the molecule is CCN1CCN(C(c2nnnn2CCC(C)C)C(C)C)CC1. The molecule has 0 radical (unpaired) electrons. The van der Waals surface area contributed by atoms with Crippen LogP contribution in [0.4, 0.5) is 0 Å². The highest BCUT2D eigenvalue weighted by molar-refractivity contribution is 4.96. The van der Waals surface area contributed by atoms with Gasteiger partial charge in [0.1, 0.15) is 0 Å². The largest absolute Gasteiger partial charge is 0.301 e. The zero-order valence-corrected chi connectivity index (χ0v) is 14.9. The lowest BCUT2D eigenvalue weighted by atomic mass is 10.0. The normalized spacial score (nSPS) is 19.2. The Hall–Kier alpha value is -1.01. The Balaban J connectivity index is 2.10. The maximum Gasteiger partial charge on any atom is 0.168 e. The first-order valence-corrected chi connectivity index (χ1v) is 8.75. The van der Waals surface area contributed by atoms with Gasteiger partial charge < -0.3 is 4.90 Å². The second kappa shape index (κ2) is 8.02. The van der Waals surface area contributed by atoms with Crippen molar-refractivity contribution in [1.29, 1.82) is 0 Å². The Morgan fingerprint density at radius 2 is 1.73 bits per heavy atom. The van der Waals surface area contributed by atoms with E-state index in [1.165, 1.54) is 0 Å². The van der Waals surface area contributed by atoms with Gasteiger partial charge in [0, 0.05) is 32.7 Å². The van der Waals surface area contributed by atoms with Crippen molar-refractivity contribution in [3.63, 3.8) is 0 Å². The summed E-state index contributed by atoms with van der Waals surface area (Å²) >= 11 is 0. The minimum absolute atomic E-state index is 0.321. The Labute approximate surface area is 134 Å². The van der Waals surface area contributed by atoms with Crippen molar-refractivity contribution in [1.82, 2.24) is 30.0 Å². The smallest absolute Gasteiger partial charge is 0.168 e. The molecule has 126 valence electrons. The van der Waals surface area contributed by atoms with Crippen LogP contribution in [0.15, 0.2) is 0 Å². The lowest BCUT2D eigenvalue weighted by molar-refractivity contribution is 0.0718. The van der Waals surface area contributed by atoms with Crippen molar-refractivity contribution in [3.05, 3.63) is 5.82 Å². The third kappa shape index (κ3) is 4.26. The molecule has 2 heterocycles. The number of nitrogens with zero attached hydrogens (tertiary/aromatic N) is 6. The van der Waals surface area contributed by atoms with E-state index < -0.39 is 0 Å². The molecule has 1 fully saturated rings. The number of piperazine rings is 1. The molecule has 22 heavy (non-hydrogen) atoms. The van der Waals surface area contributed by atoms with Crippen molar-refractivity contribution >= 4 is 0 Å². The average molecular weight is 308 g/mol. The Morgan fingerprint density at radius 1 is 1.05 bits per heavy atom. The molecule has 1 aromatic rings. The molecule has 6 heteroatoms. The molecule has 1 aromatic heterocycles. The van der Waals surface area contributed by atoms with Crippen LogP contribution in [0.1, 0.15) is 52.9 Å². The lowest BCUT2D eigenvalue weighted by Gasteiger charge is -2.39. The van der Waals surface area contributed by atoms with Crippen LogP contribution in [0.2, 0.25) is 0 Å². The minimum atomic E-state index is 0.321. The van der Waals surface area contributed by atoms with Crippen LogP contribution in [0.3, 0.4) is 0 Å². The van der Waals surface area contributed by atoms with Gasteiger partial charge >= 0.3 is 0 Å². The summed E-state index contributed by atoms with van der Waals surface area (Å²) in [5, 5.41) is 12.6. The molecule has 1 saturated heterocycles. The number of hydrogen-bond acceptors (Lipinski definition) is 5. The molecule has 1 aliphatic heterocycles. The van der Waals surface area contributed by atoms with Crippen molar-refractivity contribution in [2.75, 3.05) is 32.7 Å². The highest BCUT2D eigenvalue weighted by atomic mass is 15.6. The fraction of sp³-hybridized carbons (Fsp3) is 0.938. The zero-order valence-electron chi connectivity index (χ0n) is 14.9.